The Labute approximate surface area is 88.8 Å². The Bertz CT molecular complexity index is 277. The van der Waals surface area contributed by atoms with E-state index in [9.17, 15) is 4.79 Å². The van der Waals surface area contributed by atoms with Crippen molar-refractivity contribution in [1.29, 1.82) is 5.26 Å². The minimum absolute atomic E-state index is 0.101. The number of nitrogens with zero attached hydrogens (tertiary/aromatic N) is 1. The molecule has 0 aromatic carbocycles. The first-order chi connectivity index (χ1) is 7.29. The predicted octanol–water partition coefficient (Wildman–Crippen LogP) is 0.377. The van der Waals surface area contributed by atoms with E-state index in [4.69, 9.17) is 10.00 Å². The lowest BCUT2D eigenvalue weighted by Gasteiger charge is -2.14. The molecule has 2 amide bonds. The maximum atomic E-state index is 11.5. The zero-order chi connectivity index (χ0) is 10.7. The summed E-state index contributed by atoms with van der Waals surface area (Å²) >= 11 is 0. The van der Waals surface area contributed by atoms with E-state index < -0.39 is 0 Å². The van der Waals surface area contributed by atoms with Crippen molar-refractivity contribution >= 4 is 6.03 Å². The molecule has 2 atom stereocenters. The van der Waals surface area contributed by atoms with Gasteiger partial charge in [-0.2, -0.15) is 5.26 Å². The fourth-order valence-corrected chi connectivity index (χ4v) is 1.70. The average Bonchev–Trinajstić information content (AvgIpc) is 2.95. The fourth-order valence-electron chi connectivity index (χ4n) is 1.70. The summed E-state index contributed by atoms with van der Waals surface area (Å²) in [7, 11) is 0. The van der Waals surface area contributed by atoms with Crippen molar-refractivity contribution in [2.24, 2.45) is 5.92 Å². The van der Waals surface area contributed by atoms with Crippen LogP contribution in [0.25, 0.3) is 0 Å². The molecule has 1 heterocycles. The van der Waals surface area contributed by atoms with Crippen LogP contribution in [-0.2, 0) is 4.74 Å². The Morgan fingerprint density at radius 3 is 2.80 bits per heavy atom. The van der Waals surface area contributed by atoms with Gasteiger partial charge in [0, 0.05) is 6.61 Å². The van der Waals surface area contributed by atoms with Gasteiger partial charge in [0.2, 0.25) is 0 Å². The van der Waals surface area contributed by atoms with E-state index in [-0.39, 0.29) is 18.1 Å². The van der Waals surface area contributed by atoms with E-state index in [0.717, 1.165) is 19.3 Å². The molecule has 2 rings (SSSR count). The number of nitriles is 1. The summed E-state index contributed by atoms with van der Waals surface area (Å²) in [6, 6.07) is 1.64. The highest BCUT2D eigenvalue weighted by atomic mass is 16.5. The van der Waals surface area contributed by atoms with Crippen LogP contribution in [0.5, 0.6) is 0 Å². The number of hydrogen-bond acceptors (Lipinski definition) is 3. The van der Waals surface area contributed by atoms with Gasteiger partial charge >= 0.3 is 6.03 Å². The molecule has 0 aromatic heterocycles. The van der Waals surface area contributed by atoms with Crippen LogP contribution in [0.4, 0.5) is 4.79 Å². The van der Waals surface area contributed by atoms with Crippen LogP contribution < -0.4 is 10.6 Å². The highest BCUT2D eigenvalue weighted by molar-refractivity contribution is 5.75. The summed E-state index contributed by atoms with van der Waals surface area (Å²) in [5, 5.41) is 14.3. The van der Waals surface area contributed by atoms with Crippen molar-refractivity contribution in [1.82, 2.24) is 10.6 Å². The lowest BCUT2D eigenvalue weighted by Crippen LogP contribution is -2.46. The minimum Gasteiger partial charge on any atom is -0.379 e. The molecule has 1 saturated heterocycles. The fraction of sp³-hybridized carbons (Fsp3) is 0.800. The minimum atomic E-state index is -0.327. The van der Waals surface area contributed by atoms with E-state index in [1.807, 2.05) is 0 Å². The molecule has 5 nitrogen and oxygen atoms in total. The lowest BCUT2D eigenvalue weighted by atomic mass is 10.2. The van der Waals surface area contributed by atoms with E-state index in [1.165, 1.54) is 0 Å². The van der Waals surface area contributed by atoms with Gasteiger partial charge in [-0.1, -0.05) is 0 Å². The molecule has 0 spiro atoms. The molecule has 2 unspecified atom stereocenters. The first-order valence-corrected chi connectivity index (χ1v) is 5.34. The Hall–Kier alpha value is -1.28. The summed E-state index contributed by atoms with van der Waals surface area (Å²) in [6.45, 7) is 1.28. The zero-order valence-electron chi connectivity index (χ0n) is 8.53. The van der Waals surface area contributed by atoms with E-state index in [2.05, 4.69) is 16.7 Å². The molecule has 2 aliphatic rings. The van der Waals surface area contributed by atoms with Crippen LogP contribution in [0, 0.1) is 17.2 Å². The summed E-state index contributed by atoms with van der Waals surface area (Å²) in [5.41, 5.74) is 0. The molecule has 1 saturated carbocycles. The lowest BCUT2D eigenvalue weighted by molar-refractivity contribution is 0.188. The SMILES string of the molecule is N#CC(NC(=O)NC1CCOC1)C1CC1. The van der Waals surface area contributed by atoms with Crippen LogP contribution in [0.2, 0.25) is 0 Å². The molecule has 15 heavy (non-hydrogen) atoms. The Morgan fingerprint density at radius 2 is 2.27 bits per heavy atom. The Kier molecular flexibility index (Phi) is 3.07. The monoisotopic (exact) mass is 209 g/mol. The third-order valence-electron chi connectivity index (χ3n) is 2.78. The number of hydrogen-bond donors (Lipinski definition) is 2. The van der Waals surface area contributed by atoms with Crippen molar-refractivity contribution in [2.75, 3.05) is 13.2 Å². The molecule has 1 aliphatic heterocycles. The molecule has 5 heteroatoms. The topological polar surface area (TPSA) is 74.2 Å². The summed E-state index contributed by atoms with van der Waals surface area (Å²) in [4.78, 5) is 11.5. The highest BCUT2D eigenvalue weighted by Crippen LogP contribution is 2.32. The molecule has 82 valence electrons. The van der Waals surface area contributed by atoms with Crippen LogP contribution >= 0.6 is 0 Å². The largest absolute Gasteiger partial charge is 0.379 e. The van der Waals surface area contributed by atoms with Gasteiger partial charge in [0.15, 0.2) is 0 Å². The summed E-state index contributed by atoms with van der Waals surface area (Å²) in [6.07, 6.45) is 2.95. The van der Waals surface area contributed by atoms with Crippen LogP contribution in [0.3, 0.4) is 0 Å². The molecular weight excluding hydrogens is 194 g/mol. The smallest absolute Gasteiger partial charge is 0.316 e. The van der Waals surface area contributed by atoms with Crippen LogP contribution in [-0.4, -0.2) is 31.3 Å². The second-order valence-electron chi connectivity index (χ2n) is 4.12. The van der Waals surface area contributed by atoms with Gasteiger partial charge in [0.1, 0.15) is 6.04 Å². The number of carbonyl (C=O) groups is 1. The van der Waals surface area contributed by atoms with Gasteiger partial charge in [-0.15, -0.1) is 0 Å². The second-order valence-corrected chi connectivity index (χ2v) is 4.12. The van der Waals surface area contributed by atoms with E-state index >= 15 is 0 Å². The first kappa shape index (κ1) is 10.2. The standard InChI is InChI=1S/C10H15N3O2/c11-5-9(7-1-2-7)13-10(14)12-8-3-4-15-6-8/h7-9H,1-4,6H2,(H2,12,13,14). The highest BCUT2D eigenvalue weighted by Gasteiger charge is 2.32. The number of carbonyl (C=O) groups excluding carboxylic acids is 1. The Morgan fingerprint density at radius 1 is 1.47 bits per heavy atom. The molecule has 0 aromatic rings. The summed E-state index contributed by atoms with van der Waals surface area (Å²) in [5.74, 6) is 0.362. The van der Waals surface area contributed by atoms with Crippen molar-refractivity contribution in [2.45, 2.75) is 31.3 Å². The molecule has 0 radical (unpaired) electrons. The third kappa shape index (κ3) is 2.83. The number of ether oxygens (including phenoxy) is 1. The van der Waals surface area contributed by atoms with Gasteiger partial charge in [0.25, 0.3) is 0 Å². The van der Waals surface area contributed by atoms with Crippen molar-refractivity contribution < 1.29 is 9.53 Å². The molecule has 0 bridgehead atoms. The van der Waals surface area contributed by atoms with Gasteiger partial charge < -0.3 is 15.4 Å². The van der Waals surface area contributed by atoms with Crippen molar-refractivity contribution in [3.8, 4) is 6.07 Å². The number of urea groups is 1. The number of rotatable bonds is 3. The average molecular weight is 209 g/mol. The first-order valence-electron chi connectivity index (χ1n) is 5.34. The molecular formula is C10H15N3O2. The van der Waals surface area contributed by atoms with E-state index in [0.29, 0.717) is 19.1 Å². The normalized spacial score (nSPS) is 26.7. The van der Waals surface area contributed by atoms with E-state index in [1.54, 1.807) is 0 Å². The maximum Gasteiger partial charge on any atom is 0.316 e. The molecule has 2 fully saturated rings. The van der Waals surface area contributed by atoms with Crippen LogP contribution in [0.1, 0.15) is 19.3 Å². The second kappa shape index (κ2) is 4.49. The van der Waals surface area contributed by atoms with Crippen molar-refractivity contribution in [3.63, 3.8) is 0 Å². The van der Waals surface area contributed by atoms with Gasteiger partial charge in [-0.3, -0.25) is 0 Å². The van der Waals surface area contributed by atoms with Gasteiger partial charge in [-0.05, 0) is 25.2 Å². The number of nitrogens with one attached hydrogen (secondary N) is 2. The van der Waals surface area contributed by atoms with Gasteiger partial charge in [-0.25, -0.2) is 4.79 Å². The van der Waals surface area contributed by atoms with Gasteiger partial charge in [0.05, 0.1) is 18.7 Å². The number of amides is 2. The Balaban J connectivity index is 1.73. The molecule has 1 aliphatic carbocycles. The van der Waals surface area contributed by atoms with Crippen LogP contribution in [0.15, 0.2) is 0 Å². The summed E-state index contributed by atoms with van der Waals surface area (Å²) < 4.78 is 5.14. The third-order valence-corrected chi connectivity index (χ3v) is 2.78. The zero-order valence-corrected chi connectivity index (χ0v) is 8.53. The quantitative estimate of drug-likeness (QED) is 0.705. The maximum absolute atomic E-state index is 11.5. The van der Waals surface area contributed by atoms with Crippen molar-refractivity contribution in [3.05, 3.63) is 0 Å². The predicted molar refractivity (Wildman–Crippen MR) is 53.0 cm³/mol. The molecule has 2 N–H and O–H groups in total.